The lowest BCUT2D eigenvalue weighted by molar-refractivity contribution is -0.145. The molecule has 0 spiro atoms. The average Bonchev–Trinajstić information content (AvgIpc) is 2.80. The molecule has 0 aromatic rings. The van der Waals surface area contributed by atoms with Crippen LogP contribution in [0.1, 0.15) is 45.4 Å². The zero-order chi connectivity index (χ0) is 23.4. The Kier molecular flexibility index (Phi) is 27.5. The number of esters is 1. The summed E-state index contributed by atoms with van der Waals surface area (Å²) in [5.74, 6) is -0.139. The Labute approximate surface area is 194 Å². The number of hydrogen-bond donors (Lipinski definition) is 1. The lowest BCUT2D eigenvalue weighted by atomic mass is 10.1. The lowest BCUT2D eigenvalue weighted by Gasteiger charge is -2.08. The van der Waals surface area contributed by atoms with Crippen molar-refractivity contribution in [2.75, 3.05) is 99.5 Å². The van der Waals surface area contributed by atoms with Crippen LogP contribution in [0, 0.1) is 0 Å². The van der Waals surface area contributed by atoms with E-state index in [1.54, 1.807) is 0 Å². The quantitative estimate of drug-likeness (QED) is 0.145. The minimum atomic E-state index is -0.139. The molecule has 0 aromatic heterocycles. The van der Waals surface area contributed by atoms with Gasteiger partial charge in [-0.15, -0.1) is 0 Å². The van der Waals surface area contributed by atoms with Crippen molar-refractivity contribution >= 4 is 5.97 Å². The molecule has 9 heteroatoms. The number of carbonyl (C=O) groups is 1. The second-order valence-corrected chi connectivity index (χ2v) is 7.16. The summed E-state index contributed by atoms with van der Waals surface area (Å²) in [6.07, 6.45) is 6.13. The number of nitrogens with one attached hydrogen (secondary N) is 1. The summed E-state index contributed by atoms with van der Waals surface area (Å²) in [6.45, 7) is 9.72. The Hall–Kier alpha value is -0.810. The van der Waals surface area contributed by atoms with Crippen molar-refractivity contribution in [2.24, 2.45) is 0 Å². The molecule has 9 nitrogen and oxygen atoms in total. The highest BCUT2D eigenvalue weighted by Gasteiger charge is 2.02. The van der Waals surface area contributed by atoms with Crippen molar-refractivity contribution in [1.29, 1.82) is 0 Å². The molecule has 0 saturated carbocycles. The zero-order valence-corrected chi connectivity index (χ0v) is 20.4. The number of rotatable bonds is 27. The first-order valence-corrected chi connectivity index (χ1v) is 12.1. The molecule has 0 aliphatic rings. The van der Waals surface area contributed by atoms with Crippen molar-refractivity contribution in [3.8, 4) is 0 Å². The van der Waals surface area contributed by atoms with E-state index in [-0.39, 0.29) is 5.97 Å². The maximum absolute atomic E-state index is 11.5. The van der Waals surface area contributed by atoms with Crippen LogP contribution in [-0.2, 0) is 38.0 Å². The van der Waals surface area contributed by atoms with Gasteiger partial charge in [0.1, 0.15) is 6.61 Å². The number of ether oxygens (including phenoxy) is 7. The summed E-state index contributed by atoms with van der Waals surface area (Å²) in [7, 11) is 1.89. The van der Waals surface area contributed by atoms with Crippen molar-refractivity contribution in [3.05, 3.63) is 0 Å². The first-order valence-electron chi connectivity index (χ1n) is 12.1. The van der Waals surface area contributed by atoms with E-state index in [1.807, 2.05) is 7.05 Å². The second-order valence-electron chi connectivity index (χ2n) is 7.16. The van der Waals surface area contributed by atoms with E-state index >= 15 is 0 Å². The molecule has 0 bridgehead atoms. The van der Waals surface area contributed by atoms with Gasteiger partial charge in [-0.1, -0.05) is 32.6 Å². The van der Waals surface area contributed by atoms with Gasteiger partial charge in [-0.3, -0.25) is 4.79 Å². The average molecular weight is 466 g/mol. The number of unbranched alkanes of at least 4 members (excludes halogenated alkanes) is 4. The fourth-order valence-corrected chi connectivity index (χ4v) is 2.54. The fraction of sp³-hybridized carbons (Fsp3) is 0.957. The van der Waals surface area contributed by atoms with Crippen LogP contribution in [0.5, 0.6) is 0 Å². The Morgan fingerprint density at radius 2 is 0.969 bits per heavy atom. The van der Waals surface area contributed by atoms with Crippen molar-refractivity contribution < 1.29 is 38.0 Å². The minimum absolute atomic E-state index is 0.139. The summed E-state index contributed by atoms with van der Waals surface area (Å²) in [5, 5.41) is 3.01. The lowest BCUT2D eigenvalue weighted by Crippen LogP contribution is -2.17. The predicted molar refractivity (Wildman–Crippen MR) is 123 cm³/mol. The highest BCUT2D eigenvalue weighted by molar-refractivity contribution is 5.69. The first kappa shape index (κ1) is 31.2. The molecule has 0 fully saturated rings. The van der Waals surface area contributed by atoms with E-state index in [0.29, 0.717) is 92.3 Å². The summed E-state index contributed by atoms with van der Waals surface area (Å²) in [6, 6.07) is 0. The molecular weight excluding hydrogens is 418 g/mol. The SMILES string of the molecule is CCCCCCCC(=O)OCCOCCOCCOCCOCCOCCOCCNC. The molecular formula is C23H47NO8. The zero-order valence-electron chi connectivity index (χ0n) is 20.4. The molecule has 192 valence electrons. The minimum Gasteiger partial charge on any atom is -0.463 e. The highest BCUT2D eigenvalue weighted by Crippen LogP contribution is 2.05. The Morgan fingerprint density at radius 1 is 0.562 bits per heavy atom. The van der Waals surface area contributed by atoms with Gasteiger partial charge in [-0.2, -0.15) is 0 Å². The molecule has 0 atom stereocenters. The van der Waals surface area contributed by atoms with Gasteiger partial charge in [0.05, 0.1) is 79.3 Å². The fourth-order valence-electron chi connectivity index (χ4n) is 2.54. The molecule has 0 rings (SSSR count). The topological polar surface area (TPSA) is 93.7 Å². The van der Waals surface area contributed by atoms with Gasteiger partial charge in [-0.05, 0) is 13.5 Å². The third kappa shape index (κ3) is 27.2. The maximum Gasteiger partial charge on any atom is 0.305 e. The summed E-state index contributed by atoms with van der Waals surface area (Å²) in [4.78, 5) is 11.5. The van der Waals surface area contributed by atoms with Gasteiger partial charge in [0.25, 0.3) is 0 Å². The molecule has 0 aliphatic heterocycles. The van der Waals surface area contributed by atoms with Gasteiger partial charge in [-0.25, -0.2) is 0 Å². The molecule has 1 N–H and O–H groups in total. The van der Waals surface area contributed by atoms with Crippen LogP contribution in [0.3, 0.4) is 0 Å². The monoisotopic (exact) mass is 465 g/mol. The first-order chi connectivity index (χ1) is 15.8. The normalized spacial score (nSPS) is 11.2. The van der Waals surface area contributed by atoms with E-state index < -0.39 is 0 Å². The van der Waals surface area contributed by atoms with E-state index in [4.69, 9.17) is 33.2 Å². The molecule has 0 aromatic carbocycles. The van der Waals surface area contributed by atoms with Crippen LogP contribution in [0.2, 0.25) is 0 Å². The van der Waals surface area contributed by atoms with Gasteiger partial charge in [0.2, 0.25) is 0 Å². The van der Waals surface area contributed by atoms with Gasteiger partial charge < -0.3 is 38.5 Å². The van der Waals surface area contributed by atoms with Crippen LogP contribution in [0.15, 0.2) is 0 Å². The summed E-state index contributed by atoms with van der Waals surface area (Å²) >= 11 is 0. The van der Waals surface area contributed by atoms with Crippen LogP contribution >= 0.6 is 0 Å². The molecule has 0 unspecified atom stereocenters. The van der Waals surface area contributed by atoms with Gasteiger partial charge in [0, 0.05) is 13.0 Å². The van der Waals surface area contributed by atoms with Crippen molar-refractivity contribution in [2.45, 2.75) is 45.4 Å². The van der Waals surface area contributed by atoms with Gasteiger partial charge in [0.15, 0.2) is 0 Å². The molecule has 0 amide bonds. The van der Waals surface area contributed by atoms with E-state index in [1.165, 1.54) is 19.3 Å². The van der Waals surface area contributed by atoms with Crippen LogP contribution in [-0.4, -0.2) is 105 Å². The third-order valence-electron chi connectivity index (χ3n) is 4.33. The van der Waals surface area contributed by atoms with Crippen LogP contribution in [0.4, 0.5) is 0 Å². The smallest absolute Gasteiger partial charge is 0.305 e. The molecule has 0 radical (unpaired) electrons. The van der Waals surface area contributed by atoms with E-state index in [9.17, 15) is 4.79 Å². The Bertz CT molecular complexity index is 374. The highest BCUT2D eigenvalue weighted by atomic mass is 16.6. The molecule has 0 aliphatic carbocycles. The summed E-state index contributed by atoms with van der Waals surface area (Å²) < 4.78 is 37.5. The number of hydrogen-bond acceptors (Lipinski definition) is 9. The predicted octanol–water partition coefficient (Wildman–Crippen LogP) is 2.21. The van der Waals surface area contributed by atoms with E-state index in [0.717, 1.165) is 19.4 Å². The standard InChI is InChI=1S/C23H47NO8/c1-3-4-5-6-7-8-23(25)32-22-21-31-20-19-30-18-17-29-16-15-28-14-13-27-12-11-26-10-9-24-2/h24H,3-22H2,1-2H3. The molecule has 0 saturated heterocycles. The molecule has 0 heterocycles. The van der Waals surface area contributed by atoms with Crippen molar-refractivity contribution in [3.63, 3.8) is 0 Å². The number of carbonyl (C=O) groups excluding carboxylic acids is 1. The maximum atomic E-state index is 11.5. The Morgan fingerprint density at radius 3 is 1.41 bits per heavy atom. The van der Waals surface area contributed by atoms with Crippen molar-refractivity contribution in [1.82, 2.24) is 5.32 Å². The van der Waals surface area contributed by atoms with Crippen LogP contribution < -0.4 is 5.32 Å². The Balaban J connectivity index is 3.08. The number of likely N-dealkylation sites (N-methyl/N-ethyl adjacent to an activating group) is 1. The second kappa shape index (κ2) is 28.2. The largest absolute Gasteiger partial charge is 0.463 e. The summed E-state index contributed by atoms with van der Waals surface area (Å²) in [5.41, 5.74) is 0. The van der Waals surface area contributed by atoms with Gasteiger partial charge >= 0.3 is 5.97 Å². The van der Waals surface area contributed by atoms with E-state index in [2.05, 4.69) is 12.2 Å². The molecule has 32 heavy (non-hydrogen) atoms. The van der Waals surface area contributed by atoms with Crippen LogP contribution in [0.25, 0.3) is 0 Å². The third-order valence-corrected chi connectivity index (χ3v) is 4.33.